The van der Waals surface area contributed by atoms with Gasteiger partial charge in [0.1, 0.15) is 11.8 Å². The van der Waals surface area contributed by atoms with Crippen LogP contribution in [0.3, 0.4) is 0 Å². The Morgan fingerprint density at radius 1 is 1.12 bits per heavy atom. The molecule has 0 radical (unpaired) electrons. The molecular weight excluding hydrogens is 304 g/mol. The van der Waals surface area contributed by atoms with Crippen molar-refractivity contribution in [3.05, 3.63) is 59.7 Å². The maximum absolute atomic E-state index is 11.8. The van der Waals surface area contributed by atoms with Gasteiger partial charge in [-0.15, -0.1) is 0 Å². The lowest BCUT2D eigenvalue weighted by Crippen LogP contribution is -2.28. The predicted molar refractivity (Wildman–Crippen MR) is 92.7 cm³/mol. The molecule has 0 aromatic heterocycles. The Hall–Kier alpha value is -3.04. The molecular formula is C18H20N4O2. The van der Waals surface area contributed by atoms with Gasteiger partial charge in [0.2, 0.25) is 0 Å². The lowest BCUT2D eigenvalue weighted by Gasteiger charge is -2.09. The van der Waals surface area contributed by atoms with Gasteiger partial charge in [0, 0.05) is 30.9 Å². The normalized spacial score (nSPS) is 9.83. The molecule has 4 N–H and O–H groups in total. The van der Waals surface area contributed by atoms with Crippen LogP contribution >= 0.6 is 0 Å². The first-order valence-corrected chi connectivity index (χ1v) is 7.64. The molecule has 2 aromatic carbocycles. The number of ether oxygens (including phenoxy) is 1. The molecule has 0 heterocycles. The van der Waals surface area contributed by atoms with Crippen LogP contribution < -0.4 is 21.1 Å². The molecule has 6 nitrogen and oxygen atoms in total. The molecule has 0 aliphatic heterocycles. The maximum Gasteiger partial charge on any atom is 0.251 e. The minimum atomic E-state index is -0.125. The molecule has 2 aromatic rings. The molecule has 2 rings (SSSR count). The zero-order valence-electron chi connectivity index (χ0n) is 13.3. The van der Waals surface area contributed by atoms with E-state index in [2.05, 4.69) is 10.6 Å². The monoisotopic (exact) mass is 324 g/mol. The Morgan fingerprint density at radius 3 is 2.46 bits per heavy atom. The van der Waals surface area contributed by atoms with E-state index in [1.165, 1.54) is 0 Å². The van der Waals surface area contributed by atoms with E-state index in [0.29, 0.717) is 30.9 Å². The van der Waals surface area contributed by atoms with Crippen molar-refractivity contribution in [1.29, 1.82) is 5.26 Å². The van der Waals surface area contributed by atoms with Crippen LogP contribution in [0.4, 0.5) is 5.69 Å². The smallest absolute Gasteiger partial charge is 0.251 e. The highest BCUT2D eigenvalue weighted by Crippen LogP contribution is 2.15. The number of hydrogen-bond donors (Lipinski definition) is 3. The summed E-state index contributed by atoms with van der Waals surface area (Å²) in [5.41, 5.74) is 7.98. The van der Waals surface area contributed by atoms with Crippen molar-refractivity contribution in [3.8, 4) is 11.8 Å². The Balaban J connectivity index is 1.86. The highest BCUT2D eigenvalue weighted by molar-refractivity contribution is 5.94. The van der Waals surface area contributed by atoms with E-state index in [4.69, 9.17) is 15.7 Å². The quantitative estimate of drug-likeness (QED) is 0.688. The first-order valence-electron chi connectivity index (χ1n) is 7.64. The van der Waals surface area contributed by atoms with E-state index in [1.807, 2.05) is 42.5 Å². The summed E-state index contributed by atoms with van der Waals surface area (Å²) in [6.45, 7) is 1.58. The predicted octanol–water partition coefficient (Wildman–Crippen LogP) is 1.89. The standard InChI is InChI=1S/C18H20N4O2/c19-9-11-21-18(23)15-3-5-16(6-4-15)22-13-14-1-7-17(8-2-14)24-12-10-20/h1-8,22H,9,11-13,19H2,(H,21,23). The minimum Gasteiger partial charge on any atom is -0.479 e. The summed E-state index contributed by atoms with van der Waals surface area (Å²) in [7, 11) is 0. The van der Waals surface area contributed by atoms with Crippen LogP contribution in [0.15, 0.2) is 48.5 Å². The molecule has 0 saturated carbocycles. The van der Waals surface area contributed by atoms with Crippen molar-refractivity contribution in [3.63, 3.8) is 0 Å². The Bertz CT molecular complexity index is 690. The Kier molecular flexibility index (Phi) is 6.62. The van der Waals surface area contributed by atoms with E-state index in [9.17, 15) is 4.79 Å². The topological polar surface area (TPSA) is 100 Å². The van der Waals surface area contributed by atoms with Gasteiger partial charge in [-0.1, -0.05) is 12.1 Å². The number of carbonyl (C=O) groups excluding carboxylic acids is 1. The fourth-order valence-corrected chi connectivity index (χ4v) is 2.05. The van der Waals surface area contributed by atoms with Gasteiger partial charge in [-0.05, 0) is 42.0 Å². The van der Waals surface area contributed by atoms with Gasteiger partial charge >= 0.3 is 0 Å². The summed E-state index contributed by atoms with van der Waals surface area (Å²) in [5.74, 6) is 0.549. The second kappa shape index (κ2) is 9.18. The van der Waals surface area contributed by atoms with Crippen LogP contribution in [0.25, 0.3) is 0 Å². The van der Waals surface area contributed by atoms with Crippen LogP contribution in [-0.4, -0.2) is 25.6 Å². The number of anilines is 1. The summed E-state index contributed by atoms with van der Waals surface area (Å²) >= 11 is 0. The largest absolute Gasteiger partial charge is 0.479 e. The summed E-state index contributed by atoms with van der Waals surface area (Å²) in [6.07, 6.45) is 0. The van der Waals surface area contributed by atoms with Crippen molar-refractivity contribution < 1.29 is 9.53 Å². The van der Waals surface area contributed by atoms with Crippen LogP contribution in [0.5, 0.6) is 5.75 Å². The number of amides is 1. The van der Waals surface area contributed by atoms with E-state index in [0.717, 1.165) is 11.3 Å². The van der Waals surface area contributed by atoms with Gasteiger partial charge < -0.3 is 21.1 Å². The zero-order valence-corrected chi connectivity index (χ0v) is 13.3. The molecule has 0 aliphatic rings. The number of nitrogens with zero attached hydrogens (tertiary/aromatic N) is 1. The number of nitrogens with two attached hydrogens (primary N) is 1. The average molecular weight is 324 g/mol. The first kappa shape index (κ1) is 17.3. The zero-order chi connectivity index (χ0) is 17.2. The SMILES string of the molecule is N#CCOc1ccc(CNc2ccc(C(=O)NCCN)cc2)cc1. The number of nitrogens with one attached hydrogen (secondary N) is 2. The highest BCUT2D eigenvalue weighted by Gasteiger charge is 2.04. The molecule has 0 aliphatic carbocycles. The number of nitriles is 1. The van der Waals surface area contributed by atoms with Crippen molar-refractivity contribution in [1.82, 2.24) is 5.32 Å². The van der Waals surface area contributed by atoms with E-state index in [1.54, 1.807) is 12.1 Å². The lowest BCUT2D eigenvalue weighted by atomic mass is 10.1. The Morgan fingerprint density at radius 2 is 1.83 bits per heavy atom. The second-order valence-electron chi connectivity index (χ2n) is 5.07. The fraction of sp³-hybridized carbons (Fsp3) is 0.222. The summed E-state index contributed by atoms with van der Waals surface area (Å²) in [4.78, 5) is 11.8. The van der Waals surface area contributed by atoms with Crippen molar-refractivity contribution >= 4 is 11.6 Å². The van der Waals surface area contributed by atoms with Gasteiger partial charge in [0.25, 0.3) is 5.91 Å². The molecule has 1 amide bonds. The van der Waals surface area contributed by atoms with Crippen molar-refractivity contribution in [2.24, 2.45) is 5.73 Å². The van der Waals surface area contributed by atoms with E-state index >= 15 is 0 Å². The third-order valence-corrected chi connectivity index (χ3v) is 3.30. The number of rotatable bonds is 8. The molecule has 124 valence electrons. The molecule has 24 heavy (non-hydrogen) atoms. The highest BCUT2D eigenvalue weighted by atomic mass is 16.5. The molecule has 0 atom stereocenters. The molecule has 6 heteroatoms. The third-order valence-electron chi connectivity index (χ3n) is 3.30. The Labute approximate surface area is 141 Å². The first-order chi connectivity index (χ1) is 11.7. The average Bonchev–Trinajstić information content (AvgIpc) is 2.64. The number of benzene rings is 2. The fourth-order valence-electron chi connectivity index (χ4n) is 2.05. The van der Waals surface area contributed by atoms with E-state index in [-0.39, 0.29) is 12.5 Å². The number of hydrogen-bond acceptors (Lipinski definition) is 5. The van der Waals surface area contributed by atoms with Crippen molar-refractivity contribution in [2.45, 2.75) is 6.54 Å². The molecule has 0 fully saturated rings. The van der Waals surface area contributed by atoms with Crippen molar-refractivity contribution in [2.75, 3.05) is 25.0 Å². The minimum absolute atomic E-state index is 0.0444. The van der Waals surface area contributed by atoms with Crippen LogP contribution in [0.1, 0.15) is 15.9 Å². The molecule has 0 saturated heterocycles. The number of carbonyl (C=O) groups is 1. The van der Waals surface area contributed by atoms with Gasteiger partial charge in [0.05, 0.1) is 0 Å². The van der Waals surface area contributed by atoms with E-state index < -0.39 is 0 Å². The van der Waals surface area contributed by atoms with Crippen LogP contribution in [0.2, 0.25) is 0 Å². The second-order valence-corrected chi connectivity index (χ2v) is 5.07. The summed E-state index contributed by atoms with van der Waals surface area (Å²) in [6, 6.07) is 16.7. The lowest BCUT2D eigenvalue weighted by molar-refractivity contribution is 0.0955. The molecule has 0 unspecified atom stereocenters. The van der Waals surface area contributed by atoms with Gasteiger partial charge in [-0.2, -0.15) is 5.26 Å². The third kappa shape index (κ3) is 5.30. The van der Waals surface area contributed by atoms with Crippen LogP contribution in [-0.2, 0) is 6.54 Å². The van der Waals surface area contributed by atoms with Gasteiger partial charge in [-0.25, -0.2) is 0 Å². The summed E-state index contributed by atoms with van der Waals surface area (Å²) < 4.78 is 5.21. The molecule has 0 spiro atoms. The van der Waals surface area contributed by atoms with Gasteiger partial charge in [0.15, 0.2) is 6.61 Å². The van der Waals surface area contributed by atoms with Crippen LogP contribution in [0, 0.1) is 11.3 Å². The summed E-state index contributed by atoms with van der Waals surface area (Å²) in [5, 5.41) is 14.5. The maximum atomic E-state index is 11.8. The van der Waals surface area contributed by atoms with Gasteiger partial charge in [-0.3, -0.25) is 4.79 Å². The molecule has 0 bridgehead atoms.